The SMILES string of the molecule is CCc1ccc(OCC2CCCN2)c([N+](=O)[O-])c1. The van der Waals surface area contributed by atoms with E-state index in [0.29, 0.717) is 18.4 Å². The van der Waals surface area contributed by atoms with Crippen LogP contribution >= 0.6 is 0 Å². The van der Waals surface area contributed by atoms with Crippen molar-refractivity contribution >= 4 is 5.69 Å². The van der Waals surface area contributed by atoms with E-state index in [-0.39, 0.29) is 10.6 Å². The van der Waals surface area contributed by atoms with Gasteiger partial charge in [0, 0.05) is 12.1 Å². The molecule has 2 rings (SSSR count). The zero-order valence-electron chi connectivity index (χ0n) is 10.5. The molecule has 0 saturated carbocycles. The first-order valence-electron chi connectivity index (χ1n) is 6.34. The second-order valence-corrected chi connectivity index (χ2v) is 4.52. The highest BCUT2D eigenvalue weighted by Crippen LogP contribution is 2.28. The Morgan fingerprint density at radius 2 is 2.39 bits per heavy atom. The van der Waals surface area contributed by atoms with Crippen LogP contribution in [0.2, 0.25) is 0 Å². The van der Waals surface area contributed by atoms with Crippen molar-refractivity contribution in [2.24, 2.45) is 0 Å². The average molecular weight is 250 g/mol. The van der Waals surface area contributed by atoms with Gasteiger partial charge in [-0.1, -0.05) is 13.0 Å². The lowest BCUT2D eigenvalue weighted by Gasteiger charge is -2.12. The molecule has 5 heteroatoms. The zero-order valence-corrected chi connectivity index (χ0v) is 10.5. The molecule has 0 bridgehead atoms. The first-order chi connectivity index (χ1) is 8.70. The Morgan fingerprint density at radius 3 is 3.00 bits per heavy atom. The second-order valence-electron chi connectivity index (χ2n) is 4.52. The Hall–Kier alpha value is -1.62. The molecule has 1 unspecified atom stereocenters. The van der Waals surface area contributed by atoms with Crippen LogP contribution in [-0.2, 0) is 6.42 Å². The summed E-state index contributed by atoms with van der Waals surface area (Å²) in [5.74, 6) is 0.367. The molecule has 1 saturated heterocycles. The summed E-state index contributed by atoms with van der Waals surface area (Å²) in [4.78, 5) is 10.6. The van der Waals surface area contributed by atoms with Crippen LogP contribution in [0.15, 0.2) is 18.2 Å². The maximum absolute atomic E-state index is 11.0. The molecule has 5 nitrogen and oxygen atoms in total. The van der Waals surface area contributed by atoms with Crippen molar-refractivity contribution in [2.75, 3.05) is 13.2 Å². The number of ether oxygens (including phenoxy) is 1. The summed E-state index contributed by atoms with van der Waals surface area (Å²) >= 11 is 0. The molecule has 0 aromatic heterocycles. The molecule has 1 aromatic carbocycles. The van der Waals surface area contributed by atoms with E-state index in [1.165, 1.54) is 0 Å². The highest BCUT2D eigenvalue weighted by atomic mass is 16.6. The largest absolute Gasteiger partial charge is 0.485 e. The van der Waals surface area contributed by atoms with Crippen molar-refractivity contribution in [3.63, 3.8) is 0 Å². The third kappa shape index (κ3) is 2.98. The van der Waals surface area contributed by atoms with E-state index in [1.807, 2.05) is 13.0 Å². The van der Waals surface area contributed by atoms with Gasteiger partial charge in [0.05, 0.1) is 4.92 Å². The topological polar surface area (TPSA) is 64.4 Å². The molecule has 0 radical (unpaired) electrons. The van der Waals surface area contributed by atoms with Crippen molar-refractivity contribution in [3.05, 3.63) is 33.9 Å². The summed E-state index contributed by atoms with van der Waals surface area (Å²) in [6, 6.07) is 5.49. The number of nitro benzene ring substituents is 1. The molecule has 1 aliphatic heterocycles. The van der Waals surface area contributed by atoms with Gasteiger partial charge in [0.1, 0.15) is 6.61 Å². The first kappa shape index (κ1) is 12.8. The molecule has 1 aliphatic rings. The van der Waals surface area contributed by atoms with E-state index in [9.17, 15) is 10.1 Å². The molecule has 0 spiro atoms. The Labute approximate surface area is 106 Å². The molecule has 1 aromatic rings. The molecular formula is C13H18N2O3. The summed E-state index contributed by atoms with van der Waals surface area (Å²) in [5.41, 5.74) is 1.01. The summed E-state index contributed by atoms with van der Waals surface area (Å²) in [7, 11) is 0. The normalized spacial score (nSPS) is 18.8. The molecule has 0 aliphatic carbocycles. The number of rotatable bonds is 5. The standard InChI is InChI=1S/C13H18N2O3/c1-2-10-5-6-13(12(8-10)15(16)17)18-9-11-4-3-7-14-11/h5-6,8,11,14H,2-4,7,9H2,1H3. The highest BCUT2D eigenvalue weighted by molar-refractivity contribution is 5.48. The molecule has 1 atom stereocenters. The van der Waals surface area contributed by atoms with E-state index in [2.05, 4.69) is 5.32 Å². The molecule has 98 valence electrons. The quantitative estimate of drug-likeness (QED) is 0.643. The summed E-state index contributed by atoms with van der Waals surface area (Å²) < 4.78 is 5.58. The zero-order chi connectivity index (χ0) is 13.0. The van der Waals surface area contributed by atoms with Crippen molar-refractivity contribution in [2.45, 2.75) is 32.2 Å². The monoisotopic (exact) mass is 250 g/mol. The van der Waals surface area contributed by atoms with Crippen LogP contribution in [0.3, 0.4) is 0 Å². The van der Waals surface area contributed by atoms with Gasteiger partial charge in [0.15, 0.2) is 5.75 Å². The van der Waals surface area contributed by atoms with Gasteiger partial charge in [-0.25, -0.2) is 0 Å². The second kappa shape index (κ2) is 5.82. The average Bonchev–Trinajstić information content (AvgIpc) is 2.89. The number of benzene rings is 1. The van der Waals surface area contributed by atoms with Crippen molar-refractivity contribution in [1.82, 2.24) is 5.32 Å². The van der Waals surface area contributed by atoms with E-state index >= 15 is 0 Å². The Kier molecular flexibility index (Phi) is 4.15. The lowest BCUT2D eigenvalue weighted by Crippen LogP contribution is -2.28. The minimum absolute atomic E-state index is 0.0624. The predicted molar refractivity (Wildman–Crippen MR) is 69.0 cm³/mol. The lowest BCUT2D eigenvalue weighted by molar-refractivity contribution is -0.385. The Bertz CT molecular complexity index is 428. The van der Waals surface area contributed by atoms with Crippen LogP contribution in [0.25, 0.3) is 0 Å². The van der Waals surface area contributed by atoms with E-state index in [0.717, 1.165) is 31.4 Å². The lowest BCUT2D eigenvalue weighted by atomic mass is 10.1. The number of hydrogen-bond acceptors (Lipinski definition) is 4. The fourth-order valence-electron chi connectivity index (χ4n) is 2.14. The molecule has 1 N–H and O–H groups in total. The van der Waals surface area contributed by atoms with Gasteiger partial charge < -0.3 is 10.1 Å². The van der Waals surface area contributed by atoms with Gasteiger partial charge >= 0.3 is 5.69 Å². The fraction of sp³-hybridized carbons (Fsp3) is 0.538. The molecule has 1 heterocycles. The van der Waals surface area contributed by atoms with E-state index in [4.69, 9.17) is 4.74 Å². The number of aryl methyl sites for hydroxylation is 1. The van der Waals surface area contributed by atoms with Gasteiger partial charge in [-0.15, -0.1) is 0 Å². The molecule has 1 fully saturated rings. The maximum atomic E-state index is 11.0. The molecular weight excluding hydrogens is 232 g/mol. The summed E-state index contributed by atoms with van der Waals surface area (Å²) in [6.45, 7) is 3.47. The van der Waals surface area contributed by atoms with Crippen LogP contribution in [0.1, 0.15) is 25.3 Å². The maximum Gasteiger partial charge on any atom is 0.311 e. The van der Waals surface area contributed by atoms with Crippen LogP contribution in [0.5, 0.6) is 5.75 Å². The van der Waals surface area contributed by atoms with Crippen molar-refractivity contribution in [3.8, 4) is 5.75 Å². The van der Waals surface area contributed by atoms with Crippen molar-refractivity contribution in [1.29, 1.82) is 0 Å². The van der Waals surface area contributed by atoms with Gasteiger partial charge in [-0.2, -0.15) is 0 Å². The minimum atomic E-state index is -0.378. The summed E-state index contributed by atoms with van der Waals surface area (Å²) in [6.07, 6.45) is 3.00. The third-order valence-electron chi connectivity index (χ3n) is 3.23. The number of nitrogens with zero attached hydrogens (tertiary/aromatic N) is 1. The van der Waals surface area contributed by atoms with Gasteiger partial charge in [-0.3, -0.25) is 10.1 Å². The summed E-state index contributed by atoms with van der Waals surface area (Å²) in [5, 5.41) is 14.3. The molecule has 0 amide bonds. The van der Waals surface area contributed by atoms with Crippen molar-refractivity contribution < 1.29 is 9.66 Å². The van der Waals surface area contributed by atoms with E-state index in [1.54, 1.807) is 12.1 Å². The number of nitro groups is 1. The number of hydrogen-bond donors (Lipinski definition) is 1. The van der Waals surface area contributed by atoms with Crippen LogP contribution < -0.4 is 10.1 Å². The van der Waals surface area contributed by atoms with Crippen LogP contribution in [0, 0.1) is 10.1 Å². The Morgan fingerprint density at radius 1 is 1.56 bits per heavy atom. The Balaban J connectivity index is 2.08. The number of nitrogens with one attached hydrogen (secondary N) is 1. The van der Waals surface area contributed by atoms with Crippen LogP contribution in [0.4, 0.5) is 5.69 Å². The third-order valence-corrected chi connectivity index (χ3v) is 3.23. The van der Waals surface area contributed by atoms with Crippen LogP contribution in [-0.4, -0.2) is 24.1 Å². The predicted octanol–water partition coefficient (Wildman–Crippen LogP) is 2.29. The minimum Gasteiger partial charge on any atom is -0.485 e. The van der Waals surface area contributed by atoms with Gasteiger partial charge in [0.25, 0.3) is 0 Å². The van der Waals surface area contributed by atoms with E-state index < -0.39 is 0 Å². The fourth-order valence-corrected chi connectivity index (χ4v) is 2.14. The molecule has 18 heavy (non-hydrogen) atoms. The first-order valence-corrected chi connectivity index (χ1v) is 6.34. The smallest absolute Gasteiger partial charge is 0.311 e. The highest BCUT2D eigenvalue weighted by Gasteiger charge is 2.19. The van der Waals surface area contributed by atoms with Gasteiger partial charge in [-0.05, 0) is 37.4 Å². The van der Waals surface area contributed by atoms with Gasteiger partial charge in [0.2, 0.25) is 0 Å².